The Bertz CT molecular complexity index is 456. The minimum atomic E-state index is -0.918. The molecule has 18 heavy (non-hydrogen) atoms. The second-order valence-corrected chi connectivity index (χ2v) is 4.72. The van der Waals surface area contributed by atoms with E-state index >= 15 is 0 Å². The lowest BCUT2D eigenvalue weighted by Crippen LogP contribution is -2.40. The molecule has 0 spiro atoms. The maximum Gasteiger partial charge on any atom is 0.311 e. The maximum absolute atomic E-state index is 11.9. The van der Waals surface area contributed by atoms with Gasteiger partial charge in [0.15, 0.2) is 0 Å². The summed E-state index contributed by atoms with van der Waals surface area (Å²) in [6, 6.07) is 7.23. The van der Waals surface area contributed by atoms with Crippen molar-refractivity contribution in [2.45, 2.75) is 27.2 Å². The second kappa shape index (κ2) is 5.67. The van der Waals surface area contributed by atoms with Gasteiger partial charge in [-0.25, -0.2) is 0 Å². The van der Waals surface area contributed by atoms with Crippen LogP contribution < -0.4 is 5.32 Å². The number of hydrogen-bond donors (Lipinski definition) is 2. The summed E-state index contributed by atoms with van der Waals surface area (Å²) >= 11 is 0. The number of aryl methyl sites for hydroxylation is 1. The fourth-order valence-electron chi connectivity index (χ4n) is 1.55. The molecule has 4 nitrogen and oxygen atoms in total. The van der Waals surface area contributed by atoms with Gasteiger partial charge >= 0.3 is 5.97 Å². The first kappa shape index (κ1) is 14.2. The fraction of sp³-hybridized carbons (Fsp3) is 0.429. The molecule has 0 bridgehead atoms. The normalized spacial score (nSPS) is 13.7. The predicted molar refractivity (Wildman–Crippen MR) is 69.5 cm³/mol. The summed E-state index contributed by atoms with van der Waals surface area (Å²) in [5.41, 5.74) is 0.545. The third kappa shape index (κ3) is 3.09. The molecular weight excluding hydrogens is 230 g/mol. The van der Waals surface area contributed by atoms with E-state index in [1.807, 2.05) is 19.1 Å². The highest BCUT2D eigenvalue weighted by atomic mass is 16.4. The number of aliphatic carboxylic acids is 1. The van der Waals surface area contributed by atoms with Gasteiger partial charge in [0.1, 0.15) is 0 Å². The van der Waals surface area contributed by atoms with Gasteiger partial charge in [0.2, 0.25) is 0 Å². The number of carbonyl (C=O) groups excluding carboxylic acids is 1. The van der Waals surface area contributed by atoms with Crippen LogP contribution in [0.2, 0.25) is 0 Å². The Balaban J connectivity index is 2.73. The second-order valence-electron chi connectivity index (χ2n) is 4.72. The molecule has 0 aromatic heterocycles. The number of benzene rings is 1. The molecule has 0 aliphatic heterocycles. The third-order valence-corrected chi connectivity index (χ3v) is 3.33. The average molecular weight is 249 g/mol. The standard InChI is InChI=1S/C14H19NO3/c1-4-14(3,13(17)18)9-15-12(16)11-8-6-5-7-10(11)2/h5-8H,4,9H2,1-3H3,(H,15,16)(H,17,18). The van der Waals surface area contributed by atoms with E-state index in [1.54, 1.807) is 26.0 Å². The highest BCUT2D eigenvalue weighted by molar-refractivity contribution is 5.95. The predicted octanol–water partition coefficient (Wildman–Crippen LogP) is 2.23. The molecule has 1 aromatic rings. The monoisotopic (exact) mass is 249 g/mol. The van der Waals surface area contributed by atoms with Gasteiger partial charge in [-0.15, -0.1) is 0 Å². The van der Waals surface area contributed by atoms with E-state index in [2.05, 4.69) is 5.32 Å². The van der Waals surface area contributed by atoms with E-state index in [1.165, 1.54) is 0 Å². The van der Waals surface area contributed by atoms with Gasteiger partial charge in [0.25, 0.3) is 5.91 Å². The van der Waals surface area contributed by atoms with E-state index < -0.39 is 11.4 Å². The largest absolute Gasteiger partial charge is 0.481 e. The molecule has 1 rings (SSSR count). The van der Waals surface area contributed by atoms with Crippen LogP contribution in [-0.2, 0) is 4.79 Å². The molecule has 0 saturated heterocycles. The summed E-state index contributed by atoms with van der Waals surface area (Å²) in [4.78, 5) is 23.1. The maximum atomic E-state index is 11.9. The molecule has 0 aliphatic carbocycles. The van der Waals surface area contributed by atoms with Crippen molar-refractivity contribution in [1.82, 2.24) is 5.32 Å². The van der Waals surface area contributed by atoms with E-state index in [4.69, 9.17) is 5.11 Å². The van der Waals surface area contributed by atoms with E-state index in [-0.39, 0.29) is 12.5 Å². The van der Waals surface area contributed by atoms with Crippen molar-refractivity contribution >= 4 is 11.9 Å². The topological polar surface area (TPSA) is 66.4 Å². The van der Waals surface area contributed by atoms with Gasteiger partial charge in [-0.2, -0.15) is 0 Å². The molecule has 0 aliphatic rings. The van der Waals surface area contributed by atoms with Crippen LogP contribution in [0.15, 0.2) is 24.3 Å². The molecule has 0 saturated carbocycles. The zero-order valence-corrected chi connectivity index (χ0v) is 11.0. The lowest BCUT2D eigenvalue weighted by Gasteiger charge is -2.23. The Hall–Kier alpha value is -1.84. The minimum Gasteiger partial charge on any atom is -0.481 e. The highest BCUT2D eigenvalue weighted by Gasteiger charge is 2.31. The van der Waals surface area contributed by atoms with Gasteiger partial charge in [-0.3, -0.25) is 9.59 Å². The summed E-state index contributed by atoms with van der Waals surface area (Å²) in [6.07, 6.45) is 0.469. The first-order chi connectivity index (χ1) is 8.40. The molecule has 0 radical (unpaired) electrons. The van der Waals surface area contributed by atoms with Gasteiger partial charge < -0.3 is 10.4 Å². The molecule has 1 unspecified atom stereocenters. The number of nitrogens with one attached hydrogen (secondary N) is 1. The highest BCUT2D eigenvalue weighted by Crippen LogP contribution is 2.20. The molecule has 1 aromatic carbocycles. The Morgan fingerprint density at radius 1 is 1.33 bits per heavy atom. The van der Waals surface area contributed by atoms with Crippen molar-refractivity contribution in [2.24, 2.45) is 5.41 Å². The molecule has 1 atom stereocenters. The smallest absolute Gasteiger partial charge is 0.311 e. The average Bonchev–Trinajstić information content (AvgIpc) is 2.35. The fourth-order valence-corrected chi connectivity index (χ4v) is 1.55. The number of carboxylic acid groups (broad SMARTS) is 1. The van der Waals surface area contributed by atoms with Crippen molar-refractivity contribution < 1.29 is 14.7 Å². The Morgan fingerprint density at radius 3 is 2.44 bits per heavy atom. The van der Waals surface area contributed by atoms with Crippen LogP contribution in [0.4, 0.5) is 0 Å². The van der Waals surface area contributed by atoms with Crippen LogP contribution in [-0.4, -0.2) is 23.5 Å². The van der Waals surface area contributed by atoms with Crippen LogP contribution in [0.5, 0.6) is 0 Å². The van der Waals surface area contributed by atoms with E-state index in [0.29, 0.717) is 12.0 Å². The number of amides is 1. The molecule has 1 amide bonds. The number of rotatable bonds is 5. The van der Waals surface area contributed by atoms with Crippen molar-refractivity contribution in [1.29, 1.82) is 0 Å². The Morgan fingerprint density at radius 2 is 1.94 bits per heavy atom. The molecular formula is C14H19NO3. The van der Waals surface area contributed by atoms with E-state index in [0.717, 1.165) is 5.56 Å². The molecule has 0 heterocycles. The van der Waals surface area contributed by atoms with Gasteiger partial charge in [-0.1, -0.05) is 25.1 Å². The quantitative estimate of drug-likeness (QED) is 0.841. The van der Waals surface area contributed by atoms with Crippen LogP contribution in [0.1, 0.15) is 36.2 Å². The Kier molecular flexibility index (Phi) is 4.48. The van der Waals surface area contributed by atoms with Gasteiger partial charge in [-0.05, 0) is 31.9 Å². The first-order valence-electron chi connectivity index (χ1n) is 5.98. The lowest BCUT2D eigenvalue weighted by molar-refractivity contribution is -0.147. The van der Waals surface area contributed by atoms with E-state index in [9.17, 15) is 9.59 Å². The third-order valence-electron chi connectivity index (χ3n) is 3.33. The van der Waals surface area contributed by atoms with Crippen molar-refractivity contribution in [3.63, 3.8) is 0 Å². The summed E-state index contributed by atoms with van der Waals surface area (Å²) in [5.74, 6) is -1.12. The number of carbonyl (C=O) groups is 2. The Labute approximate surface area is 107 Å². The molecule has 2 N–H and O–H groups in total. The SMILES string of the molecule is CCC(C)(CNC(=O)c1ccccc1C)C(=O)O. The first-order valence-corrected chi connectivity index (χ1v) is 5.98. The zero-order chi connectivity index (χ0) is 13.8. The van der Waals surface area contributed by atoms with Crippen LogP contribution in [0, 0.1) is 12.3 Å². The zero-order valence-electron chi connectivity index (χ0n) is 11.0. The van der Waals surface area contributed by atoms with Crippen LogP contribution in [0.3, 0.4) is 0 Å². The van der Waals surface area contributed by atoms with Crippen LogP contribution >= 0.6 is 0 Å². The van der Waals surface area contributed by atoms with Gasteiger partial charge in [0.05, 0.1) is 5.41 Å². The van der Waals surface area contributed by atoms with Crippen LogP contribution in [0.25, 0.3) is 0 Å². The van der Waals surface area contributed by atoms with Crippen molar-refractivity contribution in [3.8, 4) is 0 Å². The number of hydrogen-bond acceptors (Lipinski definition) is 2. The summed E-state index contributed by atoms with van der Waals surface area (Å²) in [7, 11) is 0. The number of carboxylic acids is 1. The lowest BCUT2D eigenvalue weighted by atomic mass is 9.87. The summed E-state index contributed by atoms with van der Waals surface area (Å²) < 4.78 is 0. The van der Waals surface area contributed by atoms with Gasteiger partial charge in [0, 0.05) is 12.1 Å². The van der Waals surface area contributed by atoms with Crippen molar-refractivity contribution in [3.05, 3.63) is 35.4 Å². The molecule has 0 fully saturated rings. The molecule has 98 valence electrons. The summed E-state index contributed by atoms with van der Waals surface area (Å²) in [6.45, 7) is 5.42. The van der Waals surface area contributed by atoms with Crippen molar-refractivity contribution in [2.75, 3.05) is 6.54 Å². The summed E-state index contributed by atoms with van der Waals surface area (Å²) in [5, 5.41) is 11.8. The minimum absolute atomic E-state index is 0.131. The molecule has 4 heteroatoms.